The van der Waals surface area contributed by atoms with Crippen molar-refractivity contribution in [1.82, 2.24) is 0 Å². The van der Waals surface area contributed by atoms with Crippen molar-refractivity contribution in [2.45, 2.75) is 96.8 Å². The van der Waals surface area contributed by atoms with Gasteiger partial charge in [0.05, 0.1) is 12.2 Å². The van der Waals surface area contributed by atoms with Crippen LogP contribution in [0.3, 0.4) is 0 Å². The maximum Gasteiger partial charge on any atom is 0.338 e. The van der Waals surface area contributed by atoms with Crippen LogP contribution in [0, 0.1) is 0 Å². The average molecular weight is 432 g/mol. The lowest BCUT2D eigenvalue weighted by Gasteiger charge is -2.08. The molecule has 0 fully saturated rings. The molecule has 1 aromatic carbocycles. The van der Waals surface area contributed by atoms with E-state index in [-0.39, 0.29) is 19.2 Å². The summed E-state index contributed by atoms with van der Waals surface area (Å²) in [6, 6.07) is 7.41. The van der Waals surface area contributed by atoms with Gasteiger partial charge in [0.25, 0.3) is 0 Å². The van der Waals surface area contributed by atoms with Crippen molar-refractivity contribution in [1.29, 1.82) is 0 Å². The van der Waals surface area contributed by atoms with Gasteiger partial charge in [0, 0.05) is 12.2 Å². The van der Waals surface area contributed by atoms with Gasteiger partial charge in [-0.1, -0.05) is 96.5 Å². The Kier molecular flexibility index (Phi) is 17.7. The zero-order valence-electron chi connectivity index (χ0n) is 19.7. The number of anilines is 1. The Morgan fingerprint density at radius 2 is 1.32 bits per heavy atom. The number of benzene rings is 1. The average Bonchev–Trinajstić information content (AvgIpc) is 2.79. The van der Waals surface area contributed by atoms with Crippen molar-refractivity contribution in [3.05, 3.63) is 42.0 Å². The molecule has 0 saturated heterocycles. The van der Waals surface area contributed by atoms with Crippen LogP contribution in [0.25, 0.3) is 0 Å². The summed E-state index contributed by atoms with van der Waals surface area (Å²) in [4.78, 5) is 11.9. The molecule has 0 unspecified atom stereocenters. The molecule has 0 atom stereocenters. The van der Waals surface area contributed by atoms with E-state index in [4.69, 9.17) is 9.84 Å². The number of hydrogen-bond donors (Lipinski definition) is 2. The van der Waals surface area contributed by atoms with Gasteiger partial charge >= 0.3 is 5.97 Å². The number of carbonyl (C=O) groups is 1. The molecule has 0 bridgehead atoms. The number of aliphatic hydroxyl groups is 1. The molecule has 0 aromatic heterocycles. The smallest absolute Gasteiger partial charge is 0.338 e. The Bertz CT molecular complexity index is 568. The zero-order valence-corrected chi connectivity index (χ0v) is 19.7. The van der Waals surface area contributed by atoms with Gasteiger partial charge in [-0.05, 0) is 36.8 Å². The van der Waals surface area contributed by atoms with Gasteiger partial charge in [-0.25, -0.2) is 4.79 Å². The minimum Gasteiger partial charge on any atom is -0.458 e. The summed E-state index contributed by atoms with van der Waals surface area (Å²) in [5.74, 6) is -0.346. The fraction of sp³-hybridized carbons (Fsp3) is 0.667. The molecule has 0 heterocycles. The molecule has 0 aliphatic heterocycles. The van der Waals surface area contributed by atoms with Gasteiger partial charge in [-0.15, -0.1) is 0 Å². The first kappa shape index (κ1) is 27.2. The number of esters is 1. The number of ether oxygens (including phenoxy) is 1. The lowest BCUT2D eigenvalue weighted by molar-refractivity contribution is 0.0549. The predicted octanol–water partition coefficient (Wildman–Crippen LogP) is 7.29. The molecule has 0 aliphatic rings. The summed E-state index contributed by atoms with van der Waals surface area (Å²) >= 11 is 0. The van der Waals surface area contributed by atoms with Crippen LogP contribution in [-0.2, 0) is 4.74 Å². The lowest BCUT2D eigenvalue weighted by atomic mass is 10.0. The van der Waals surface area contributed by atoms with E-state index in [0.717, 1.165) is 12.2 Å². The number of carbonyl (C=O) groups excluding carboxylic acids is 1. The minimum atomic E-state index is -0.346. The Hall–Kier alpha value is -1.81. The first-order valence-electron chi connectivity index (χ1n) is 12.5. The van der Waals surface area contributed by atoms with Crippen molar-refractivity contribution in [2.75, 3.05) is 25.1 Å². The third-order valence-electron chi connectivity index (χ3n) is 5.56. The molecule has 0 saturated carbocycles. The quantitative estimate of drug-likeness (QED) is 0.129. The molecule has 0 radical (unpaired) electrons. The highest BCUT2D eigenvalue weighted by Crippen LogP contribution is 2.14. The van der Waals surface area contributed by atoms with E-state index in [0.29, 0.717) is 5.56 Å². The maximum absolute atomic E-state index is 11.9. The largest absolute Gasteiger partial charge is 0.458 e. The van der Waals surface area contributed by atoms with E-state index in [1.54, 1.807) is 24.3 Å². The van der Waals surface area contributed by atoms with Crippen LogP contribution in [0.1, 0.15) is 107 Å². The monoisotopic (exact) mass is 431 g/mol. The number of unbranched alkanes of at least 4 members (excludes halogenated alkanes) is 13. The Morgan fingerprint density at radius 3 is 1.84 bits per heavy atom. The third-order valence-corrected chi connectivity index (χ3v) is 5.56. The number of nitrogens with one attached hydrogen (secondary N) is 1. The summed E-state index contributed by atoms with van der Waals surface area (Å²) < 4.78 is 5.10. The van der Waals surface area contributed by atoms with E-state index in [1.807, 2.05) is 12.1 Å². The highest BCUT2D eigenvalue weighted by molar-refractivity contribution is 5.89. The van der Waals surface area contributed by atoms with Crippen molar-refractivity contribution in [3.8, 4) is 0 Å². The van der Waals surface area contributed by atoms with E-state index >= 15 is 0 Å². The van der Waals surface area contributed by atoms with Crippen LogP contribution < -0.4 is 5.32 Å². The lowest BCUT2D eigenvalue weighted by Crippen LogP contribution is -2.06. The molecular weight excluding hydrogens is 386 g/mol. The predicted molar refractivity (Wildman–Crippen MR) is 132 cm³/mol. The van der Waals surface area contributed by atoms with Crippen LogP contribution in [0.15, 0.2) is 36.4 Å². The zero-order chi connectivity index (χ0) is 22.4. The second kappa shape index (κ2) is 20.1. The fourth-order valence-corrected chi connectivity index (χ4v) is 3.63. The highest BCUT2D eigenvalue weighted by Gasteiger charge is 2.05. The van der Waals surface area contributed by atoms with Crippen LogP contribution in [0.4, 0.5) is 5.69 Å². The number of hydrogen-bond acceptors (Lipinski definition) is 4. The number of aliphatic hydroxyl groups excluding tert-OH is 1. The highest BCUT2D eigenvalue weighted by atomic mass is 16.5. The first-order chi connectivity index (χ1) is 15.3. The summed E-state index contributed by atoms with van der Waals surface area (Å²) in [6.07, 6.45) is 22.4. The van der Waals surface area contributed by atoms with Gasteiger partial charge in [-0.2, -0.15) is 0 Å². The van der Waals surface area contributed by atoms with E-state index in [9.17, 15) is 4.79 Å². The van der Waals surface area contributed by atoms with Gasteiger partial charge in [0.1, 0.15) is 6.61 Å². The molecule has 0 spiro atoms. The standard InChI is InChI=1S/C27H45NO3/c1-2-3-4-5-6-7-8-9-10-11-12-13-14-15-22-28-26-20-18-25(19-21-26)27(30)31-24-17-16-23-29/h16-21,28-29H,2-15,22-24H2,1H3/b17-16+. The van der Waals surface area contributed by atoms with Gasteiger partial charge in [0.15, 0.2) is 0 Å². The molecular formula is C27H45NO3. The summed E-state index contributed by atoms with van der Waals surface area (Å²) in [7, 11) is 0. The van der Waals surface area contributed by atoms with Crippen LogP contribution in [0.5, 0.6) is 0 Å². The molecule has 176 valence electrons. The SMILES string of the molecule is CCCCCCCCCCCCCCCCNc1ccc(C(=O)OC/C=C/CO)cc1. The second-order valence-electron chi connectivity index (χ2n) is 8.35. The van der Waals surface area contributed by atoms with Gasteiger partial charge < -0.3 is 15.2 Å². The molecule has 4 heteroatoms. The van der Waals surface area contributed by atoms with Gasteiger partial charge in [-0.3, -0.25) is 0 Å². The van der Waals surface area contributed by atoms with Crippen LogP contribution in [-0.4, -0.2) is 30.8 Å². The molecule has 31 heavy (non-hydrogen) atoms. The van der Waals surface area contributed by atoms with E-state index in [1.165, 1.54) is 89.9 Å². The molecule has 1 rings (SSSR count). The van der Waals surface area contributed by atoms with Crippen LogP contribution in [0.2, 0.25) is 0 Å². The van der Waals surface area contributed by atoms with Crippen molar-refractivity contribution >= 4 is 11.7 Å². The Morgan fingerprint density at radius 1 is 0.806 bits per heavy atom. The van der Waals surface area contributed by atoms with E-state index in [2.05, 4.69) is 12.2 Å². The molecule has 2 N–H and O–H groups in total. The Labute approximate surface area is 190 Å². The minimum absolute atomic E-state index is 0.0444. The summed E-state index contributed by atoms with van der Waals surface area (Å²) in [6.45, 7) is 3.38. The second-order valence-corrected chi connectivity index (χ2v) is 8.35. The fourth-order valence-electron chi connectivity index (χ4n) is 3.63. The van der Waals surface area contributed by atoms with Crippen molar-refractivity contribution in [2.24, 2.45) is 0 Å². The molecule has 0 aliphatic carbocycles. The summed E-state index contributed by atoms with van der Waals surface area (Å²) in [5.41, 5.74) is 1.57. The van der Waals surface area contributed by atoms with E-state index < -0.39 is 0 Å². The summed E-state index contributed by atoms with van der Waals surface area (Å²) in [5, 5.41) is 12.1. The van der Waals surface area contributed by atoms with Crippen molar-refractivity contribution < 1.29 is 14.6 Å². The molecule has 4 nitrogen and oxygen atoms in total. The third kappa shape index (κ3) is 15.6. The Balaban J connectivity index is 1.94. The number of rotatable bonds is 20. The maximum atomic E-state index is 11.9. The topological polar surface area (TPSA) is 58.6 Å². The molecule has 1 aromatic rings. The van der Waals surface area contributed by atoms with Crippen LogP contribution >= 0.6 is 0 Å². The normalized spacial score (nSPS) is 11.2. The first-order valence-corrected chi connectivity index (χ1v) is 12.5. The van der Waals surface area contributed by atoms with Crippen molar-refractivity contribution in [3.63, 3.8) is 0 Å². The van der Waals surface area contributed by atoms with Gasteiger partial charge in [0.2, 0.25) is 0 Å². The molecule has 0 amide bonds.